The summed E-state index contributed by atoms with van der Waals surface area (Å²) in [6.07, 6.45) is 6.83. The van der Waals surface area contributed by atoms with Gasteiger partial charge in [-0.15, -0.1) is 6.42 Å². The Balaban J connectivity index is 2.44. The molecule has 0 aromatic heterocycles. The van der Waals surface area contributed by atoms with Gasteiger partial charge in [-0.2, -0.15) is 0 Å². The Kier molecular flexibility index (Phi) is 5.46. The number of terminal acetylenes is 1. The fourth-order valence-corrected chi connectivity index (χ4v) is 1.79. The van der Waals surface area contributed by atoms with Crippen molar-refractivity contribution in [2.75, 3.05) is 13.2 Å². The monoisotopic (exact) mass is 254 g/mol. The van der Waals surface area contributed by atoms with Crippen molar-refractivity contribution in [2.24, 2.45) is 5.92 Å². The molecule has 0 radical (unpaired) electrons. The van der Waals surface area contributed by atoms with Gasteiger partial charge in [-0.05, 0) is 6.42 Å². The maximum atomic E-state index is 11.6. The summed E-state index contributed by atoms with van der Waals surface area (Å²) in [4.78, 5) is 22.5. The van der Waals surface area contributed by atoms with Gasteiger partial charge in [0.05, 0.1) is 25.3 Å². The molecule has 0 aromatic rings. The van der Waals surface area contributed by atoms with E-state index < -0.39 is 24.0 Å². The molecule has 3 N–H and O–H groups in total. The maximum absolute atomic E-state index is 11.6. The number of hydrogen-bond donors (Lipinski definition) is 3. The molecule has 6 heteroatoms. The lowest BCUT2D eigenvalue weighted by Crippen LogP contribution is -2.49. The minimum atomic E-state index is -0.972. The van der Waals surface area contributed by atoms with Crippen LogP contribution in [-0.2, 0) is 9.53 Å². The van der Waals surface area contributed by atoms with E-state index in [-0.39, 0.29) is 19.3 Å². The Morgan fingerprint density at radius 2 is 2.28 bits per heavy atom. The van der Waals surface area contributed by atoms with Crippen molar-refractivity contribution in [3.05, 3.63) is 0 Å². The summed E-state index contributed by atoms with van der Waals surface area (Å²) in [5.74, 6) is 0.798. The van der Waals surface area contributed by atoms with Crippen LogP contribution in [0.2, 0.25) is 0 Å². The van der Waals surface area contributed by atoms with Gasteiger partial charge in [-0.25, -0.2) is 4.79 Å². The molecule has 1 fully saturated rings. The third-order valence-electron chi connectivity index (χ3n) is 2.80. The van der Waals surface area contributed by atoms with Crippen molar-refractivity contribution < 1.29 is 19.4 Å². The smallest absolute Gasteiger partial charge is 0.316 e. The zero-order chi connectivity index (χ0) is 13.5. The number of hydrogen-bond acceptors (Lipinski definition) is 3. The zero-order valence-corrected chi connectivity index (χ0v) is 10.3. The first kappa shape index (κ1) is 14.3. The Morgan fingerprint density at radius 1 is 1.56 bits per heavy atom. The summed E-state index contributed by atoms with van der Waals surface area (Å²) < 4.78 is 5.05. The van der Waals surface area contributed by atoms with Crippen molar-refractivity contribution in [1.82, 2.24) is 10.6 Å². The first-order valence-electron chi connectivity index (χ1n) is 5.92. The molecular weight excluding hydrogens is 236 g/mol. The fourth-order valence-electron chi connectivity index (χ4n) is 1.79. The average Bonchev–Trinajstić information content (AvgIpc) is 2.76. The van der Waals surface area contributed by atoms with Crippen molar-refractivity contribution in [3.8, 4) is 12.3 Å². The number of carbonyl (C=O) groups excluding carboxylic acids is 1. The van der Waals surface area contributed by atoms with Crippen molar-refractivity contribution in [2.45, 2.75) is 31.8 Å². The van der Waals surface area contributed by atoms with Gasteiger partial charge in [0, 0.05) is 0 Å². The normalized spacial score (nSPS) is 24.0. The zero-order valence-electron chi connectivity index (χ0n) is 10.3. The Morgan fingerprint density at radius 3 is 2.83 bits per heavy atom. The van der Waals surface area contributed by atoms with Crippen LogP contribution in [0, 0.1) is 18.3 Å². The summed E-state index contributed by atoms with van der Waals surface area (Å²) in [5, 5.41) is 14.1. The van der Waals surface area contributed by atoms with Crippen LogP contribution >= 0.6 is 0 Å². The van der Waals surface area contributed by atoms with Crippen LogP contribution < -0.4 is 10.6 Å². The summed E-state index contributed by atoms with van der Waals surface area (Å²) in [7, 11) is 0. The van der Waals surface area contributed by atoms with Crippen LogP contribution in [-0.4, -0.2) is 42.4 Å². The van der Waals surface area contributed by atoms with Crippen LogP contribution in [0.25, 0.3) is 0 Å². The molecule has 0 spiro atoms. The van der Waals surface area contributed by atoms with E-state index >= 15 is 0 Å². The van der Waals surface area contributed by atoms with Crippen LogP contribution in [0.15, 0.2) is 0 Å². The number of urea groups is 1. The van der Waals surface area contributed by atoms with Crippen molar-refractivity contribution in [3.63, 3.8) is 0 Å². The van der Waals surface area contributed by atoms with Crippen LogP contribution in [0.1, 0.15) is 19.8 Å². The number of carboxylic acids is 1. The molecule has 1 heterocycles. The second-order valence-corrected chi connectivity index (χ2v) is 4.21. The molecule has 0 saturated carbocycles. The second kappa shape index (κ2) is 6.87. The van der Waals surface area contributed by atoms with Gasteiger partial charge >= 0.3 is 12.0 Å². The fraction of sp³-hybridized carbons (Fsp3) is 0.667. The molecule has 1 saturated heterocycles. The lowest BCUT2D eigenvalue weighted by molar-refractivity contribution is -0.142. The quantitative estimate of drug-likeness (QED) is 0.611. The molecule has 18 heavy (non-hydrogen) atoms. The molecular formula is C12H18N2O4. The highest BCUT2D eigenvalue weighted by molar-refractivity contribution is 5.77. The first-order chi connectivity index (χ1) is 8.58. The largest absolute Gasteiger partial charge is 0.481 e. The third kappa shape index (κ3) is 3.93. The summed E-state index contributed by atoms with van der Waals surface area (Å²) >= 11 is 0. The van der Waals surface area contributed by atoms with Gasteiger partial charge in [0.25, 0.3) is 0 Å². The molecule has 0 aromatic carbocycles. The number of ether oxygens (including phenoxy) is 1. The van der Waals surface area contributed by atoms with Gasteiger partial charge in [-0.3, -0.25) is 4.79 Å². The van der Waals surface area contributed by atoms with Gasteiger partial charge in [0.1, 0.15) is 5.92 Å². The van der Waals surface area contributed by atoms with Gasteiger partial charge in [0.15, 0.2) is 0 Å². The molecule has 3 unspecified atom stereocenters. The van der Waals surface area contributed by atoms with E-state index in [0.29, 0.717) is 6.42 Å². The molecule has 0 aliphatic carbocycles. The van der Waals surface area contributed by atoms with E-state index in [1.807, 2.05) is 6.92 Å². The Bertz CT molecular complexity index is 350. The van der Waals surface area contributed by atoms with Crippen molar-refractivity contribution in [1.29, 1.82) is 0 Å². The average molecular weight is 254 g/mol. The minimum absolute atomic E-state index is 0.119. The lowest BCUT2D eigenvalue weighted by Gasteiger charge is -2.18. The Hall–Kier alpha value is -1.74. The van der Waals surface area contributed by atoms with E-state index in [1.54, 1.807) is 0 Å². The number of carbonyl (C=O) groups is 2. The topological polar surface area (TPSA) is 87.7 Å². The summed E-state index contributed by atoms with van der Waals surface area (Å²) in [5.41, 5.74) is 0. The molecule has 100 valence electrons. The molecule has 3 atom stereocenters. The van der Waals surface area contributed by atoms with Crippen LogP contribution in [0.3, 0.4) is 0 Å². The van der Waals surface area contributed by atoms with Gasteiger partial charge in [-0.1, -0.05) is 19.3 Å². The number of carboxylic acid groups (broad SMARTS) is 1. The van der Waals surface area contributed by atoms with E-state index in [9.17, 15) is 9.59 Å². The SMILES string of the molecule is C#CC(CCC)NC(=O)NC1COCC1C(=O)O. The summed E-state index contributed by atoms with van der Waals surface area (Å²) in [6.45, 7) is 2.29. The lowest BCUT2D eigenvalue weighted by atomic mass is 10.0. The number of nitrogens with one attached hydrogen (secondary N) is 2. The third-order valence-corrected chi connectivity index (χ3v) is 2.80. The number of amides is 2. The maximum Gasteiger partial charge on any atom is 0.316 e. The van der Waals surface area contributed by atoms with Crippen LogP contribution in [0.5, 0.6) is 0 Å². The van der Waals surface area contributed by atoms with Gasteiger partial charge < -0.3 is 20.5 Å². The minimum Gasteiger partial charge on any atom is -0.481 e. The van der Waals surface area contributed by atoms with E-state index in [0.717, 1.165) is 6.42 Å². The molecule has 1 aliphatic heterocycles. The highest BCUT2D eigenvalue weighted by atomic mass is 16.5. The highest BCUT2D eigenvalue weighted by Crippen LogP contribution is 2.13. The van der Waals surface area contributed by atoms with E-state index in [4.69, 9.17) is 16.3 Å². The number of rotatable bonds is 5. The van der Waals surface area contributed by atoms with E-state index in [1.165, 1.54) is 0 Å². The predicted molar refractivity (Wildman–Crippen MR) is 64.9 cm³/mol. The molecule has 2 amide bonds. The van der Waals surface area contributed by atoms with E-state index in [2.05, 4.69) is 16.6 Å². The number of aliphatic carboxylic acids is 1. The second-order valence-electron chi connectivity index (χ2n) is 4.21. The summed E-state index contributed by atoms with van der Waals surface area (Å²) in [6, 6.07) is -1.30. The molecule has 6 nitrogen and oxygen atoms in total. The van der Waals surface area contributed by atoms with Gasteiger partial charge in [0.2, 0.25) is 0 Å². The standard InChI is InChI=1S/C12H18N2O4/c1-3-5-8(4-2)13-12(17)14-10-7-18-6-9(10)11(15)16/h2,8-10H,3,5-7H2,1H3,(H,15,16)(H2,13,14,17). The first-order valence-corrected chi connectivity index (χ1v) is 5.92. The van der Waals surface area contributed by atoms with Crippen LogP contribution in [0.4, 0.5) is 4.79 Å². The highest BCUT2D eigenvalue weighted by Gasteiger charge is 2.35. The van der Waals surface area contributed by atoms with Crippen molar-refractivity contribution >= 4 is 12.0 Å². The molecule has 0 bridgehead atoms. The predicted octanol–water partition coefficient (Wildman–Crippen LogP) is 0.187. The Labute approximate surface area is 106 Å². The molecule has 1 aliphatic rings. The molecule has 1 rings (SSSR count).